The maximum atomic E-state index is 12.0. The number of hydrogen-bond donors (Lipinski definition) is 3. The van der Waals surface area contributed by atoms with Gasteiger partial charge >= 0.3 is 12.1 Å². The average molecular weight is 336 g/mol. The van der Waals surface area contributed by atoms with Crippen molar-refractivity contribution < 1.29 is 29.0 Å². The summed E-state index contributed by atoms with van der Waals surface area (Å²) in [5.41, 5.74) is 5.82. The summed E-state index contributed by atoms with van der Waals surface area (Å²) in [7, 11) is 0. The second kappa shape index (κ2) is 9.98. The fourth-order valence-corrected chi connectivity index (χ4v) is 1.91. The van der Waals surface area contributed by atoms with E-state index in [2.05, 4.69) is 5.32 Å². The van der Waals surface area contributed by atoms with Gasteiger partial charge in [0.2, 0.25) is 5.91 Å². The van der Waals surface area contributed by atoms with Gasteiger partial charge in [-0.25, -0.2) is 4.79 Å². The molecule has 0 aliphatic carbocycles. The maximum Gasteiger partial charge on any atom is 0.408 e. The van der Waals surface area contributed by atoms with Gasteiger partial charge < -0.3 is 20.9 Å². The quantitative estimate of drug-likeness (QED) is 0.583. The number of Topliss-reactive ketones (excluding diaryl/α,β-unsaturated/α-hetero) is 1. The predicted molar refractivity (Wildman–Crippen MR) is 83.9 cm³/mol. The molecule has 1 rings (SSSR count). The lowest BCUT2D eigenvalue weighted by Gasteiger charge is -2.16. The van der Waals surface area contributed by atoms with Gasteiger partial charge in [0.15, 0.2) is 5.78 Å². The van der Waals surface area contributed by atoms with Gasteiger partial charge in [0.1, 0.15) is 6.61 Å². The predicted octanol–water partition coefficient (Wildman–Crippen LogP) is 0.981. The first kappa shape index (κ1) is 19.1. The van der Waals surface area contributed by atoms with E-state index in [4.69, 9.17) is 15.6 Å². The Morgan fingerprint density at radius 1 is 1.08 bits per heavy atom. The van der Waals surface area contributed by atoms with Gasteiger partial charge in [-0.15, -0.1) is 0 Å². The molecule has 0 unspecified atom stereocenters. The summed E-state index contributed by atoms with van der Waals surface area (Å²) in [5, 5.41) is 11.0. The molecule has 0 radical (unpaired) electrons. The number of amides is 2. The molecule has 1 aromatic carbocycles. The van der Waals surface area contributed by atoms with Crippen LogP contribution < -0.4 is 11.1 Å². The van der Waals surface area contributed by atoms with Gasteiger partial charge in [-0.1, -0.05) is 30.3 Å². The third-order valence-electron chi connectivity index (χ3n) is 3.16. The van der Waals surface area contributed by atoms with E-state index in [1.807, 2.05) is 6.07 Å². The summed E-state index contributed by atoms with van der Waals surface area (Å²) < 4.78 is 5.01. The van der Waals surface area contributed by atoms with Crippen molar-refractivity contribution in [1.29, 1.82) is 0 Å². The molecular weight excluding hydrogens is 316 g/mol. The molecule has 130 valence electrons. The molecule has 0 bridgehead atoms. The first-order chi connectivity index (χ1) is 11.4. The third kappa shape index (κ3) is 7.92. The molecule has 8 nitrogen and oxygen atoms in total. The van der Waals surface area contributed by atoms with E-state index in [9.17, 15) is 19.2 Å². The molecule has 0 saturated carbocycles. The van der Waals surface area contributed by atoms with Crippen LogP contribution in [0.25, 0.3) is 0 Å². The highest BCUT2D eigenvalue weighted by molar-refractivity contribution is 5.89. The van der Waals surface area contributed by atoms with Crippen molar-refractivity contribution in [3.63, 3.8) is 0 Å². The fourth-order valence-electron chi connectivity index (χ4n) is 1.91. The Bertz CT molecular complexity index is 587. The molecule has 0 spiro atoms. The summed E-state index contributed by atoms with van der Waals surface area (Å²) in [6.45, 7) is 0.0263. The number of nitrogens with two attached hydrogens (primary N) is 1. The molecule has 0 saturated heterocycles. The Kier molecular flexibility index (Phi) is 7.97. The summed E-state index contributed by atoms with van der Waals surface area (Å²) in [6, 6.07) is 7.94. The molecule has 1 atom stereocenters. The summed E-state index contributed by atoms with van der Waals surface area (Å²) >= 11 is 0. The van der Waals surface area contributed by atoms with E-state index in [-0.39, 0.29) is 32.3 Å². The average Bonchev–Trinajstić information content (AvgIpc) is 2.55. The van der Waals surface area contributed by atoms with Crippen LogP contribution in [0.5, 0.6) is 0 Å². The smallest absolute Gasteiger partial charge is 0.408 e. The molecule has 24 heavy (non-hydrogen) atoms. The largest absolute Gasteiger partial charge is 0.481 e. The number of carboxylic acid groups (broad SMARTS) is 1. The molecule has 4 N–H and O–H groups in total. The van der Waals surface area contributed by atoms with Crippen LogP contribution in [-0.4, -0.2) is 34.9 Å². The van der Waals surface area contributed by atoms with Crippen molar-refractivity contribution in [3.8, 4) is 0 Å². The van der Waals surface area contributed by atoms with Crippen molar-refractivity contribution in [2.24, 2.45) is 5.73 Å². The van der Waals surface area contributed by atoms with Gasteiger partial charge in [0, 0.05) is 12.8 Å². The number of ether oxygens (including phenoxy) is 1. The fraction of sp³-hybridized carbons (Fsp3) is 0.375. The number of hydrogen-bond acceptors (Lipinski definition) is 5. The number of rotatable bonds is 10. The number of carboxylic acids is 1. The summed E-state index contributed by atoms with van der Waals surface area (Å²) in [4.78, 5) is 45.2. The second-order valence-electron chi connectivity index (χ2n) is 5.12. The highest BCUT2D eigenvalue weighted by Gasteiger charge is 2.22. The zero-order valence-electron chi connectivity index (χ0n) is 13.1. The van der Waals surface area contributed by atoms with Gasteiger partial charge in [-0.2, -0.15) is 0 Å². The maximum absolute atomic E-state index is 12.0. The zero-order chi connectivity index (χ0) is 17.9. The lowest BCUT2D eigenvalue weighted by molar-refractivity contribution is -0.138. The van der Waals surface area contributed by atoms with Gasteiger partial charge in [0.25, 0.3) is 0 Å². The van der Waals surface area contributed by atoms with E-state index < -0.39 is 29.8 Å². The van der Waals surface area contributed by atoms with E-state index in [1.54, 1.807) is 24.3 Å². The molecule has 0 aliphatic rings. The molecule has 0 heterocycles. The second-order valence-corrected chi connectivity index (χ2v) is 5.12. The number of aliphatic carboxylic acids is 1. The molecule has 1 aromatic rings. The Morgan fingerprint density at radius 3 is 2.33 bits per heavy atom. The SMILES string of the molecule is NC(=O)CC[C@H](NC(=O)OCc1ccccc1)C(=O)CCC(=O)O. The van der Waals surface area contributed by atoms with Crippen molar-refractivity contribution in [2.45, 2.75) is 38.3 Å². The van der Waals surface area contributed by atoms with E-state index in [0.29, 0.717) is 0 Å². The monoisotopic (exact) mass is 336 g/mol. The molecule has 0 aromatic heterocycles. The Labute approximate surface area is 139 Å². The minimum Gasteiger partial charge on any atom is -0.481 e. The molecule has 0 fully saturated rings. The number of carbonyl (C=O) groups excluding carboxylic acids is 3. The minimum atomic E-state index is -1.12. The first-order valence-corrected chi connectivity index (χ1v) is 7.38. The topological polar surface area (TPSA) is 136 Å². The van der Waals surface area contributed by atoms with Crippen LogP contribution in [0.1, 0.15) is 31.2 Å². The zero-order valence-corrected chi connectivity index (χ0v) is 13.1. The Hall–Kier alpha value is -2.90. The minimum absolute atomic E-state index is 0.00573. The lowest BCUT2D eigenvalue weighted by atomic mass is 10.0. The van der Waals surface area contributed by atoms with Crippen LogP contribution in [0.4, 0.5) is 4.79 Å². The van der Waals surface area contributed by atoms with Gasteiger partial charge in [0.05, 0.1) is 12.5 Å². The van der Waals surface area contributed by atoms with E-state index in [1.165, 1.54) is 0 Å². The number of nitrogens with one attached hydrogen (secondary N) is 1. The molecule has 2 amide bonds. The number of alkyl carbamates (subject to hydrolysis) is 1. The van der Waals surface area contributed by atoms with Crippen LogP contribution in [0, 0.1) is 0 Å². The lowest BCUT2D eigenvalue weighted by Crippen LogP contribution is -2.41. The van der Waals surface area contributed by atoms with Crippen molar-refractivity contribution in [2.75, 3.05) is 0 Å². The highest BCUT2D eigenvalue weighted by Crippen LogP contribution is 2.06. The normalized spacial score (nSPS) is 11.3. The van der Waals surface area contributed by atoms with Crippen molar-refractivity contribution in [3.05, 3.63) is 35.9 Å². The number of primary amides is 1. The van der Waals surface area contributed by atoms with Crippen LogP contribution in [0.3, 0.4) is 0 Å². The molecule has 0 aliphatic heterocycles. The van der Waals surface area contributed by atoms with Crippen molar-refractivity contribution >= 4 is 23.8 Å². The number of benzene rings is 1. The van der Waals surface area contributed by atoms with Crippen LogP contribution >= 0.6 is 0 Å². The summed E-state index contributed by atoms with van der Waals surface area (Å²) in [5.74, 6) is -2.23. The first-order valence-electron chi connectivity index (χ1n) is 7.38. The number of ketones is 1. The highest BCUT2D eigenvalue weighted by atomic mass is 16.5. The van der Waals surface area contributed by atoms with Crippen LogP contribution in [-0.2, 0) is 25.7 Å². The van der Waals surface area contributed by atoms with Gasteiger partial charge in [-0.3, -0.25) is 14.4 Å². The molecular formula is C16H20N2O6. The Morgan fingerprint density at radius 2 is 1.75 bits per heavy atom. The Balaban J connectivity index is 2.55. The third-order valence-corrected chi connectivity index (χ3v) is 3.16. The van der Waals surface area contributed by atoms with Crippen molar-refractivity contribution in [1.82, 2.24) is 5.32 Å². The van der Waals surface area contributed by atoms with Crippen LogP contribution in [0.2, 0.25) is 0 Å². The van der Waals surface area contributed by atoms with E-state index in [0.717, 1.165) is 5.56 Å². The van der Waals surface area contributed by atoms with E-state index >= 15 is 0 Å². The summed E-state index contributed by atoms with van der Waals surface area (Å²) in [6.07, 6.45) is -1.54. The van der Waals surface area contributed by atoms with Gasteiger partial charge in [-0.05, 0) is 12.0 Å². The molecule has 8 heteroatoms. The standard InChI is InChI=1S/C16H20N2O6/c17-14(20)8-6-12(13(19)7-9-15(21)22)18-16(23)24-10-11-4-2-1-3-5-11/h1-5,12H,6-10H2,(H2,17,20)(H,18,23)(H,21,22)/t12-/m0/s1. The number of carbonyl (C=O) groups is 4. The van der Waals surface area contributed by atoms with Crippen LogP contribution in [0.15, 0.2) is 30.3 Å².